The number of benzene rings is 3. The number of amides is 1. The summed E-state index contributed by atoms with van der Waals surface area (Å²) in [5.74, 6) is 0.423. The average molecular weight is 497 g/mol. The van der Waals surface area contributed by atoms with Gasteiger partial charge in [0, 0.05) is 35.8 Å². The highest BCUT2D eigenvalue weighted by atomic mass is 16.6. The predicted molar refractivity (Wildman–Crippen MR) is 139 cm³/mol. The second kappa shape index (κ2) is 11.6. The fourth-order valence-corrected chi connectivity index (χ4v) is 3.83. The van der Waals surface area contributed by atoms with Gasteiger partial charge in [-0.15, -0.1) is 0 Å². The highest BCUT2D eigenvalue weighted by Crippen LogP contribution is 2.30. The molecule has 0 fully saturated rings. The van der Waals surface area contributed by atoms with Crippen molar-refractivity contribution >= 4 is 28.6 Å². The standard InChI is InChI=1S/C28H24N4O5/c1-36-27-15-20(8-11-26(27)37-18-19-6-9-23(10-7-19)32(34)35)14-22(16-29)28(33)30-13-12-21-17-31-25-5-3-2-4-24(21)25/h2-11,14-15,17,31H,12-13,18H2,1H3,(H,30,33)/b22-14-. The van der Waals surface area contributed by atoms with E-state index >= 15 is 0 Å². The van der Waals surface area contributed by atoms with E-state index in [1.165, 1.54) is 25.3 Å². The van der Waals surface area contributed by atoms with Crippen molar-refractivity contribution in [2.75, 3.05) is 13.7 Å². The lowest BCUT2D eigenvalue weighted by Gasteiger charge is -2.11. The molecule has 0 aliphatic carbocycles. The predicted octanol–water partition coefficient (Wildman–Crippen LogP) is 4.93. The maximum atomic E-state index is 12.6. The molecule has 0 unspecified atom stereocenters. The number of nitrogens with zero attached hydrogens (tertiary/aromatic N) is 2. The molecular weight excluding hydrogens is 472 g/mol. The lowest BCUT2D eigenvalue weighted by atomic mass is 10.1. The number of methoxy groups -OCH3 is 1. The molecule has 1 heterocycles. The molecule has 186 valence electrons. The Morgan fingerprint density at radius 3 is 2.65 bits per heavy atom. The Labute approximate surface area is 213 Å². The van der Waals surface area contributed by atoms with Crippen molar-refractivity contribution in [1.29, 1.82) is 5.26 Å². The Hall–Kier alpha value is -5.10. The van der Waals surface area contributed by atoms with Gasteiger partial charge in [-0.25, -0.2) is 0 Å². The van der Waals surface area contributed by atoms with Gasteiger partial charge in [0.2, 0.25) is 0 Å². The third-order valence-corrected chi connectivity index (χ3v) is 5.76. The lowest BCUT2D eigenvalue weighted by Crippen LogP contribution is -2.26. The van der Waals surface area contributed by atoms with Gasteiger partial charge in [-0.3, -0.25) is 14.9 Å². The highest BCUT2D eigenvalue weighted by Gasteiger charge is 2.12. The smallest absolute Gasteiger partial charge is 0.269 e. The number of fused-ring (bicyclic) bond motifs is 1. The van der Waals surface area contributed by atoms with E-state index in [9.17, 15) is 20.2 Å². The van der Waals surface area contributed by atoms with Gasteiger partial charge in [-0.05, 0) is 59.5 Å². The molecule has 0 bridgehead atoms. The molecular formula is C28H24N4O5. The Morgan fingerprint density at radius 1 is 1.14 bits per heavy atom. The van der Waals surface area contributed by atoms with Gasteiger partial charge in [-0.2, -0.15) is 5.26 Å². The Kier molecular flexibility index (Phi) is 7.81. The van der Waals surface area contributed by atoms with Gasteiger partial charge in [-0.1, -0.05) is 24.3 Å². The van der Waals surface area contributed by atoms with Crippen molar-refractivity contribution in [3.8, 4) is 17.6 Å². The Morgan fingerprint density at radius 2 is 1.92 bits per heavy atom. The first kappa shape index (κ1) is 25.0. The molecule has 4 rings (SSSR count). The van der Waals surface area contributed by atoms with Crippen molar-refractivity contribution in [3.05, 3.63) is 105 Å². The fraction of sp³-hybridized carbons (Fsp3) is 0.143. The quantitative estimate of drug-likeness (QED) is 0.139. The lowest BCUT2D eigenvalue weighted by molar-refractivity contribution is -0.384. The zero-order chi connectivity index (χ0) is 26.2. The van der Waals surface area contributed by atoms with E-state index in [0.29, 0.717) is 30.0 Å². The number of nitrogens with one attached hydrogen (secondary N) is 2. The van der Waals surface area contributed by atoms with E-state index in [1.807, 2.05) is 36.5 Å². The van der Waals surface area contributed by atoms with Gasteiger partial charge >= 0.3 is 0 Å². The molecule has 0 aliphatic rings. The number of non-ortho nitro benzene ring substituents is 1. The molecule has 4 aromatic rings. The van der Waals surface area contributed by atoms with Crippen LogP contribution in [0.3, 0.4) is 0 Å². The second-order valence-corrected chi connectivity index (χ2v) is 8.16. The van der Waals surface area contributed by atoms with Gasteiger partial charge in [0.1, 0.15) is 18.2 Å². The molecule has 0 saturated carbocycles. The van der Waals surface area contributed by atoms with Crippen molar-refractivity contribution in [1.82, 2.24) is 10.3 Å². The van der Waals surface area contributed by atoms with Gasteiger partial charge < -0.3 is 19.8 Å². The largest absolute Gasteiger partial charge is 0.493 e. The Balaban J connectivity index is 1.38. The molecule has 9 heteroatoms. The van der Waals surface area contributed by atoms with Crippen LogP contribution in [0.5, 0.6) is 11.5 Å². The van der Waals surface area contributed by atoms with Crippen LogP contribution in [0.4, 0.5) is 5.69 Å². The summed E-state index contributed by atoms with van der Waals surface area (Å²) < 4.78 is 11.2. The average Bonchev–Trinajstić information content (AvgIpc) is 3.34. The first-order chi connectivity index (χ1) is 18.0. The molecule has 1 aromatic heterocycles. The Bertz CT molecular complexity index is 1500. The van der Waals surface area contributed by atoms with E-state index in [1.54, 1.807) is 30.3 Å². The summed E-state index contributed by atoms with van der Waals surface area (Å²) in [5, 5.41) is 24.3. The van der Waals surface area contributed by atoms with E-state index in [-0.39, 0.29) is 17.9 Å². The van der Waals surface area contributed by atoms with Crippen LogP contribution in [-0.4, -0.2) is 29.5 Å². The van der Waals surface area contributed by atoms with Crippen molar-refractivity contribution in [2.24, 2.45) is 0 Å². The number of nitro benzene ring substituents is 1. The number of carbonyl (C=O) groups is 1. The maximum Gasteiger partial charge on any atom is 0.269 e. The van der Waals surface area contributed by atoms with Crippen LogP contribution in [0.1, 0.15) is 16.7 Å². The van der Waals surface area contributed by atoms with Crippen molar-refractivity contribution < 1.29 is 19.2 Å². The van der Waals surface area contributed by atoms with E-state index < -0.39 is 10.8 Å². The topological polar surface area (TPSA) is 130 Å². The van der Waals surface area contributed by atoms with Crippen LogP contribution in [0.2, 0.25) is 0 Å². The number of hydrogen-bond donors (Lipinski definition) is 2. The molecule has 0 radical (unpaired) electrons. The normalized spacial score (nSPS) is 11.1. The van der Waals surface area contributed by atoms with E-state index in [0.717, 1.165) is 22.0 Å². The summed E-state index contributed by atoms with van der Waals surface area (Å²) in [5.41, 5.74) is 3.46. The monoisotopic (exact) mass is 496 g/mol. The summed E-state index contributed by atoms with van der Waals surface area (Å²) in [4.78, 5) is 26.2. The first-order valence-electron chi connectivity index (χ1n) is 11.5. The third-order valence-electron chi connectivity index (χ3n) is 5.76. The van der Waals surface area contributed by atoms with Crippen LogP contribution < -0.4 is 14.8 Å². The molecule has 3 aromatic carbocycles. The minimum absolute atomic E-state index is 0.00719. The summed E-state index contributed by atoms with van der Waals surface area (Å²) >= 11 is 0. The number of carbonyl (C=O) groups excluding carboxylic acids is 1. The van der Waals surface area contributed by atoms with Crippen molar-refractivity contribution in [2.45, 2.75) is 13.0 Å². The number of hydrogen-bond acceptors (Lipinski definition) is 6. The van der Waals surface area contributed by atoms with Gasteiger partial charge in [0.15, 0.2) is 11.5 Å². The van der Waals surface area contributed by atoms with Crippen LogP contribution in [0.25, 0.3) is 17.0 Å². The van der Waals surface area contributed by atoms with E-state index in [2.05, 4.69) is 10.3 Å². The number of ether oxygens (including phenoxy) is 2. The molecule has 9 nitrogen and oxygen atoms in total. The van der Waals surface area contributed by atoms with Crippen LogP contribution in [-0.2, 0) is 17.8 Å². The zero-order valence-corrected chi connectivity index (χ0v) is 20.1. The summed E-state index contributed by atoms with van der Waals surface area (Å²) in [6, 6.07) is 21.0. The minimum Gasteiger partial charge on any atom is -0.493 e. The summed E-state index contributed by atoms with van der Waals surface area (Å²) in [6.45, 7) is 0.574. The summed E-state index contributed by atoms with van der Waals surface area (Å²) in [6.07, 6.45) is 4.04. The van der Waals surface area contributed by atoms with Gasteiger partial charge in [0.25, 0.3) is 11.6 Å². The fourth-order valence-electron chi connectivity index (χ4n) is 3.83. The second-order valence-electron chi connectivity index (χ2n) is 8.16. The molecule has 0 spiro atoms. The molecule has 0 aliphatic heterocycles. The minimum atomic E-state index is -0.459. The summed E-state index contributed by atoms with van der Waals surface area (Å²) in [7, 11) is 1.49. The van der Waals surface area contributed by atoms with Crippen LogP contribution in [0, 0.1) is 21.4 Å². The molecule has 0 atom stereocenters. The van der Waals surface area contributed by atoms with E-state index in [4.69, 9.17) is 9.47 Å². The number of nitro groups is 1. The molecule has 0 saturated heterocycles. The molecule has 37 heavy (non-hydrogen) atoms. The maximum absolute atomic E-state index is 12.6. The zero-order valence-electron chi connectivity index (χ0n) is 20.1. The number of nitriles is 1. The number of rotatable bonds is 10. The molecule has 1 amide bonds. The SMILES string of the molecule is COc1cc(/C=C(/C#N)C(=O)NCCc2c[nH]c3ccccc23)ccc1OCc1ccc([N+](=O)[O-])cc1. The highest BCUT2D eigenvalue weighted by molar-refractivity contribution is 6.01. The molecule has 2 N–H and O–H groups in total. The van der Waals surface area contributed by atoms with Crippen LogP contribution in [0.15, 0.2) is 78.5 Å². The number of para-hydroxylation sites is 1. The van der Waals surface area contributed by atoms with Gasteiger partial charge in [0.05, 0.1) is 12.0 Å². The first-order valence-corrected chi connectivity index (χ1v) is 11.5. The number of aromatic nitrogens is 1. The van der Waals surface area contributed by atoms with Crippen LogP contribution >= 0.6 is 0 Å². The van der Waals surface area contributed by atoms with Crippen molar-refractivity contribution in [3.63, 3.8) is 0 Å². The number of H-pyrrole nitrogens is 1. The third kappa shape index (κ3) is 6.13. The number of aromatic amines is 1.